The molecule has 0 rings (SSSR count). The monoisotopic (exact) mass is 157 g/mol. The first-order chi connectivity index (χ1) is 4.76. The van der Waals surface area contributed by atoms with Gasteiger partial charge in [-0.2, -0.15) is 0 Å². The Morgan fingerprint density at radius 2 is 2.30 bits per heavy atom. The van der Waals surface area contributed by atoms with Gasteiger partial charge in [-0.15, -0.1) is 0 Å². The largest absolute Gasteiger partial charge is 0.249 e. The Morgan fingerprint density at radius 3 is 2.60 bits per heavy atom. The third-order valence-electron chi connectivity index (χ3n) is 1.13. The van der Waals surface area contributed by atoms with Crippen LogP contribution < -0.4 is 0 Å². The molecule has 0 aromatic heterocycles. The van der Waals surface area contributed by atoms with E-state index in [9.17, 15) is 0 Å². The second-order valence-electron chi connectivity index (χ2n) is 1.76. The minimum Gasteiger partial charge on any atom is -0.249 e. The Morgan fingerprint density at radius 1 is 1.70 bits per heavy atom. The van der Waals surface area contributed by atoms with E-state index in [-0.39, 0.29) is 0 Å². The van der Waals surface area contributed by atoms with Crippen molar-refractivity contribution < 1.29 is 0 Å². The molecule has 0 aliphatic heterocycles. The Bertz CT molecular complexity index is 168. The smallest absolute Gasteiger partial charge is 0.131 e. The highest BCUT2D eigenvalue weighted by molar-refractivity contribution is 6.30. The highest BCUT2D eigenvalue weighted by Crippen LogP contribution is 2.14. The lowest BCUT2D eigenvalue weighted by atomic mass is 10.2. The fraction of sp³-hybridized carbons (Fsp3) is 0.375. The number of nitrogens with zero attached hydrogens (tertiary/aromatic N) is 1. The van der Waals surface area contributed by atoms with E-state index in [0.29, 0.717) is 5.16 Å². The second kappa shape index (κ2) is 5.24. The molecule has 0 radical (unpaired) electrons. The van der Waals surface area contributed by atoms with Crippen LogP contribution in [0.15, 0.2) is 28.4 Å². The highest BCUT2D eigenvalue weighted by atomic mass is 35.5. The van der Waals surface area contributed by atoms with Gasteiger partial charge in [-0.25, -0.2) is 4.99 Å². The average molecular weight is 158 g/mol. The Balaban J connectivity index is 4.42. The predicted octanol–water partition coefficient (Wildman–Crippen LogP) is 3.12. The normalized spacial score (nSPS) is 13.5. The van der Waals surface area contributed by atoms with Crippen molar-refractivity contribution in [3.63, 3.8) is 0 Å². The predicted molar refractivity (Wildman–Crippen MR) is 47.5 cm³/mol. The van der Waals surface area contributed by atoms with Crippen LogP contribution in [0.25, 0.3) is 0 Å². The van der Waals surface area contributed by atoms with E-state index in [1.165, 1.54) is 0 Å². The molecule has 0 N–H and O–H groups in total. The maximum atomic E-state index is 5.76. The molecule has 1 nitrogen and oxygen atoms in total. The standard InChI is InChI=1S/C8H12ClN/c1-4-7(5-2)8(9)10-6-3/h4,6H,1,5H2,2-3H3/b8-7+,10-6+. The molecule has 0 saturated carbocycles. The van der Waals surface area contributed by atoms with Gasteiger partial charge in [-0.1, -0.05) is 31.2 Å². The summed E-state index contributed by atoms with van der Waals surface area (Å²) in [6.07, 6.45) is 4.27. The summed E-state index contributed by atoms with van der Waals surface area (Å²) in [5.74, 6) is 0. The van der Waals surface area contributed by atoms with Crippen molar-refractivity contribution in [2.75, 3.05) is 0 Å². The SMILES string of the molecule is C=C/C(CC)=C(Cl)\N=C\C. The Kier molecular flexibility index (Phi) is 4.95. The molecule has 0 saturated heterocycles. The first-order valence-corrected chi connectivity index (χ1v) is 3.63. The van der Waals surface area contributed by atoms with Gasteiger partial charge in [0, 0.05) is 6.21 Å². The van der Waals surface area contributed by atoms with Crippen LogP contribution >= 0.6 is 11.6 Å². The minimum atomic E-state index is 0.542. The highest BCUT2D eigenvalue weighted by Gasteiger charge is 1.93. The fourth-order valence-corrected chi connectivity index (χ4v) is 0.879. The molecule has 10 heavy (non-hydrogen) atoms. The number of halogens is 1. The molecule has 0 heterocycles. The van der Waals surface area contributed by atoms with Crippen molar-refractivity contribution in [2.24, 2.45) is 4.99 Å². The molecule has 0 atom stereocenters. The zero-order valence-electron chi connectivity index (χ0n) is 6.39. The molecule has 0 fully saturated rings. The number of aliphatic imine (C=N–C) groups is 1. The summed E-state index contributed by atoms with van der Waals surface area (Å²) in [6.45, 7) is 7.47. The van der Waals surface area contributed by atoms with E-state index in [2.05, 4.69) is 11.6 Å². The van der Waals surface area contributed by atoms with E-state index >= 15 is 0 Å². The lowest BCUT2D eigenvalue weighted by Gasteiger charge is -1.95. The average Bonchev–Trinajstić information content (AvgIpc) is 1.91. The van der Waals surface area contributed by atoms with Crippen molar-refractivity contribution in [1.29, 1.82) is 0 Å². The van der Waals surface area contributed by atoms with Crippen LogP contribution in [-0.4, -0.2) is 6.21 Å². The van der Waals surface area contributed by atoms with Crippen molar-refractivity contribution in [3.05, 3.63) is 23.4 Å². The quantitative estimate of drug-likeness (QED) is 0.339. The van der Waals surface area contributed by atoms with Crippen molar-refractivity contribution in [2.45, 2.75) is 20.3 Å². The lowest BCUT2D eigenvalue weighted by Crippen LogP contribution is -1.77. The topological polar surface area (TPSA) is 12.4 Å². The van der Waals surface area contributed by atoms with Crippen molar-refractivity contribution in [3.8, 4) is 0 Å². The molecule has 0 aliphatic carbocycles. The maximum absolute atomic E-state index is 5.76. The number of hydrogen-bond acceptors (Lipinski definition) is 1. The number of hydrogen-bond donors (Lipinski definition) is 0. The molecular weight excluding hydrogens is 146 g/mol. The van der Waals surface area contributed by atoms with Gasteiger partial charge >= 0.3 is 0 Å². The van der Waals surface area contributed by atoms with Crippen molar-refractivity contribution in [1.82, 2.24) is 0 Å². The Labute approximate surface area is 67.1 Å². The van der Waals surface area contributed by atoms with Crippen LogP contribution in [0.4, 0.5) is 0 Å². The van der Waals surface area contributed by atoms with Gasteiger partial charge in [0.05, 0.1) is 0 Å². The third kappa shape index (κ3) is 2.83. The second-order valence-corrected chi connectivity index (χ2v) is 2.12. The van der Waals surface area contributed by atoms with Gasteiger partial charge < -0.3 is 0 Å². The van der Waals surface area contributed by atoms with Crippen LogP contribution in [0.2, 0.25) is 0 Å². The van der Waals surface area contributed by atoms with E-state index < -0.39 is 0 Å². The fourth-order valence-electron chi connectivity index (χ4n) is 0.571. The van der Waals surface area contributed by atoms with Crippen LogP contribution in [0, 0.1) is 0 Å². The molecule has 56 valence electrons. The molecule has 0 aromatic rings. The molecule has 0 amide bonds. The van der Waals surface area contributed by atoms with Crippen molar-refractivity contribution >= 4 is 17.8 Å². The summed E-state index contributed by atoms with van der Waals surface area (Å²) < 4.78 is 0. The summed E-state index contributed by atoms with van der Waals surface area (Å²) in [5, 5.41) is 0.542. The molecule has 2 heteroatoms. The van der Waals surface area contributed by atoms with Gasteiger partial charge in [0.15, 0.2) is 0 Å². The molecule has 0 bridgehead atoms. The molecule has 0 aliphatic rings. The van der Waals surface area contributed by atoms with E-state index in [1.807, 2.05) is 13.8 Å². The summed E-state index contributed by atoms with van der Waals surface area (Å²) >= 11 is 5.76. The van der Waals surface area contributed by atoms with Gasteiger partial charge in [0.2, 0.25) is 0 Å². The van der Waals surface area contributed by atoms with E-state index in [4.69, 9.17) is 11.6 Å². The first kappa shape index (κ1) is 9.44. The van der Waals surface area contributed by atoms with E-state index in [0.717, 1.165) is 12.0 Å². The lowest BCUT2D eigenvalue weighted by molar-refractivity contribution is 1.13. The first-order valence-electron chi connectivity index (χ1n) is 3.26. The number of rotatable bonds is 3. The van der Waals surface area contributed by atoms with Gasteiger partial charge in [0.25, 0.3) is 0 Å². The van der Waals surface area contributed by atoms with Crippen LogP contribution in [0.3, 0.4) is 0 Å². The summed E-state index contributed by atoms with van der Waals surface area (Å²) in [6, 6.07) is 0. The van der Waals surface area contributed by atoms with E-state index in [1.54, 1.807) is 12.3 Å². The minimum absolute atomic E-state index is 0.542. The molecule has 0 aromatic carbocycles. The summed E-state index contributed by atoms with van der Waals surface area (Å²) in [4.78, 5) is 3.92. The summed E-state index contributed by atoms with van der Waals surface area (Å²) in [7, 11) is 0. The molecular formula is C8H12ClN. The maximum Gasteiger partial charge on any atom is 0.131 e. The van der Waals surface area contributed by atoms with Crippen LogP contribution in [0.5, 0.6) is 0 Å². The van der Waals surface area contributed by atoms with Gasteiger partial charge in [0.1, 0.15) is 5.16 Å². The van der Waals surface area contributed by atoms with Gasteiger partial charge in [-0.05, 0) is 18.9 Å². The Hall–Kier alpha value is -0.560. The van der Waals surface area contributed by atoms with Crippen LogP contribution in [-0.2, 0) is 0 Å². The molecule has 0 spiro atoms. The molecule has 0 unspecified atom stereocenters. The zero-order chi connectivity index (χ0) is 7.98. The summed E-state index contributed by atoms with van der Waals surface area (Å²) in [5.41, 5.74) is 0.986. The van der Waals surface area contributed by atoms with Gasteiger partial charge in [-0.3, -0.25) is 0 Å². The third-order valence-corrected chi connectivity index (χ3v) is 1.48. The van der Waals surface area contributed by atoms with Crippen LogP contribution in [0.1, 0.15) is 20.3 Å². The number of allylic oxidation sites excluding steroid dienone is 2. The zero-order valence-corrected chi connectivity index (χ0v) is 7.15.